The lowest BCUT2D eigenvalue weighted by molar-refractivity contribution is 0.0315. The number of ether oxygens (including phenoxy) is 2. The van der Waals surface area contributed by atoms with Gasteiger partial charge in [0, 0.05) is 81.1 Å². The van der Waals surface area contributed by atoms with Crippen LogP contribution in [0, 0.1) is 12.7 Å². The molecule has 42 heavy (non-hydrogen) atoms. The molecule has 2 saturated heterocycles. The SMILES string of the molecule is C=N/C(=C\C(=N/COc1ccc2[nH]c(C)cc2c1F)N1CCN(CCN2CCOCC2)CC1)Nc1cc(/C=C/C)[nH]n1. The summed E-state index contributed by atoms with van der Waals surface area (Å²) >= 11 is 0. The van der Waals surface area contributed by atoms with E-state index < -0.39 is 5.82 Å². The van der Waals surface area contributed by atoms with Crippen molar-refractivity contribution in [2.75, 3.05) is 77.6 Å². The highest BCUT2D eigenvalue weighted by Gasteiger charge is 2.21. The molecule has 12 heteroatoms. The first-order valence-electron chi connectivity index (χ1n) is 14.4. The van der Waals surface area contributed by atoms with Gasteiger partial charge in [-0.1, -0.05) is 6.08 Å². The van der Waals surface area contributed by atoms with Gasteiger partial charge in [-0.15, -0.1) is 0 Å². The monoisotopic (exact) mass is 577 g/mol. The first-order chi connectivity index (χ1) is 20.5. The van der Waals surface area contributed by atoms with E-state index >= 15 is 4.39 Å². The zero-order valence-corrected chi connectivity index (χ0v) is 24.4. The highest BCUT2D eigenvalue weighted by Crippen LogP contribution is 2.27. The molecule has 0 atom stereocenters. The van der Waals surface area contributed by atoms with Crippen LogP contribution in [0.2, 0.25) is 0 Å². The van der Waals surface area contributed by atoms with Crippen LogP contribution in [0.15, 0.2) is 52.2 Å². The standard InChI is InChI=1S/C30H40FN9O2/c1-4-5-23-19-28(37-36-23)35-27(32-3)20-29(33-21-42-26-7-6-25-24(30(26)31)18-22(2)34-25)40-12-10-38(11-13-40)8-9-39-14-16-41-17-15-39/h4-7,18-20,34H,3,8-17,21H2,1-2H3,(H2,35,36,37)/b5-4+,27-20+,33-29+. The molecule has 0 bridgehead atoms. The number of amidine groups is 1. The summed E-state index contributed by atoms with van der Waals surface area (Å²) in [5.74, 6) is 1.55. The Balaban J connectivity index is 1.28. The van der Waals surface area contributed by atoms with Crippen molar-refractivity contribution in [2.24, 2.45) is 9.98 Å². The number of nitrogens with zero attached hydrogens (tertiary/aromatic N) is 6. The lowest BCUT2D eigenvalue weighted by Gasteiger charge is -2.37. The summed E-state index contributed by atoms with van der Waals surface area (Å²) in [6, 6.07) is 7.10. The number of hydrogen-bond acceptors (Lipinski definition) is 8. The number of morpholine rings is 1. The van der Waals surface area contributed by atoms with Crippen LogP contribution in [0.5, 0.6) is 5.75 Å². The number of fused-ring (bicyclic) bond motifs is 1. The molecule has 3 aromatic rings. The van der Waals surface area contributed by atoms with Gasteiger partial charge in [-0.3, -0.25) is 14.9 Å². The van der Waals surface area contributed by atoms with Crippen molar-refractivity contribution in [2.45, 2.75) is 13.8 Å². The van der Waals surface area contributed by atoms with Gasteiger partial charge in [-0.2, -0.15) is 5.10 Å². The van der Waals surface area contributed by atoms with E-state index in [4.69, 9.17) is 14.5 Å². The number of benzene rings is 1. The summed E-state index contributed by atoms with van der Waals surface area (Å²) in [7, 11) is 0. The molecule has 0 radical (unpaired) electrons. The van der Waals surface area contributed by atoms with Crippen LogP contribution in [0.25, 0.3) is 17.0 Å². The average Bonchev–Trinajstić information content (AvgIpc) is 3.63. The number of rotatable bonds is 11. The third-order valence-corrected chi connectivity index (χ3v) is 7.45. The number of anilines is 1. The second-order valence-electron chi connectivity index (χ2n) is 10.4. The number of aromatic amines is 2. The van der Waals surface area contributed by atoms with E-state index in [-0.39, 0.29) is 12.5 Å². The second-order valence-corrected chi connectivity index (χ2v) is 10.4. The predicted molar refractivity (Wildman–Crippen MR) is 166 cm³/mol. The minimum atomic E-state index is -0.399. The van der Waals surface area contributed by atoms with Gasteiger partial charge in [0.1, 0.15) is 11.7 Å². The molecule has 1 aromatic carbocycles. The van der Waals surface area contributed by atoms with Crippen molar-refractivity contribution < 1.29 is 13.9 Å². The second kappa shape index (κ2) is 14.3. The summed E-state index contributed by atoms with van der Waals surface area (Å²) in [6.07, 6.45) is 5.69. The maximum Gasteiger partial charge on any atom is 0.181 e. The van der Waals surface area contributed by atoms with Gasteiger partial charge in [0.15, 0.2) is 24.1 Å². The van der Waals surface area contributed by atoms with Crippen molar-refractivity contribution >= 4 is 35.3 Å². The van der Waals surface area contributed by atoms with Crippen molar-refractivity contribution in [1.29, 1.82) is 0 Å². The highest BCUT2D eigenvalue weighted by atomic mass is 19.1. The Labute approximate surface area is 245 Å². The summed E-state index contributed by atoms with van der Waals surface area (Å²) in [6.45, 7) is 16.6. The fourth-order valence-corrected chi connectivity index (χ4v) is 5.15. The maximum atomic E-state index is 15.1. The molecule has 0 aliphatic carbocycles. The molecule has 11 nitrogen and oxygen atoms in total. The number of hydrogen-bond donors (Lipinski definition) is 3. The van der Waals surface area contributed by atoms with Gasteiger partial charge in [0.25, 0.3) is 0 Å². The molecule has 4 heterocycles. The largest absolute Gasteiger partial charge is 0.468 e. The molecule has 3 N–H and O–H groups in total. The average molecular weight is 578 g/mol. The lowest BCUT2D eigenvalue weighted by atomic mass is 10.2. The number of piperazine rings is 1. The van der Waals surface area contributed by atoms with Gasteiger partial charge in [0.2, 0.25) is 0 Å². The topological polar surface area (TPSA) is 109 Å². The number of aliphatic imine (C=N–C) groups is 2. The number of aryl methyl sites for hydroxylation is 1. The fraction of sp³-hybridized carbons (Fsp3) is 0.433. The molecule has 224 valence electrons. The first-order valence-corrected chi connectivity index (χ1v) is 14.4. The van der Waals surface area contributed by atoms with Gasteiger partial charge in [-0.25, -0.2) is 14.4 Å². The summed E-state index contributed by atoms with van der Waals surface area (Å²) in [5.41, 5.74) is 2.50. The fourth-order valence-electron chi connectivity index (χ4n) is 5.15. The maximum absolute atomic E-state index is 15.1. The number of H-pyrrole nitrogens is 2. The Kier molecular flexibility index (Phi) is 10.0. The van der Waals surface area contributed by atoms with Crippen molar-refractivity contribution in [3.8, 4) is 5.75 Å². The van der Waals surface area contributed by atoms with Crippen molar-refractivity contribution in [3.63, 3.8) is 0 Å². The van der Waals surface area contributed by atoms with Gasteiger partial charge in [-0.05, 0) is 44.8 Å². The van der Waals surface area contributed by atoms with Gasteiger partial charge in [0.05, 0.1) is 18.9 Å². The Bertz CT molecular complexity index is 1430. The number of aromatic nitrogens is 3. The van der Waals surface area contributed by atoms with E-state index in [1.165, 1.54) is 0 Å². The van der Waals surface area contributed by atoms with Crippen molar-refractivity contribution in [3.05, 3.63) is 59.4 Å². The third kappa shape index (κ3) is 7.64. The molecule has 2 aliphatic rings. The third-order valence-electron chi connectivity index (χ3n) is 7.45. The molecule has 2 aliphatic heterocycles. The van der Waals surface area contributed by atoms with Gasteiger partial charge >= 0.3 is 0 Å². The molecule has 2 fully saturated rings. The molecule has 2 aromatic heterocycles. The van der Waals surface area contributed by atoms with Crippen LogP contribution in [0.1, 0.15) is 18.3 Å². The summed E-state index contributed by atoms with van der Waals surface area (Å²) in [5, 5.41) is 11.0. The van der Waals surface area contributed by atoms with Crippen LogP contribution in [0.3, 0.4) is 0 Å². The molecule has 0 unspecified atom stereocenters. The summed E-state index contributed by atoms with van der Waals surface area (Å²) < 4.78 is 26.4. The van der Waals surface area contributed by atoms with Crippen LogP contribution in [-0.2, 0) is 4.74 Å². The van der Waals surface area contributed by atoms with E-state index in [0.29, 0.717) is 22.9 Å². The smallest absolute Gasteiger partial charge is 0.181 e. The Morgan fingerprint density at radius 1 is 1.14 bits per heavy atom. The van der Waals surface area contributed by atoms with Crippen LogP contribution < -0.4 is 10.1 Å². The molecular weight excluding hydrogens is 537 g/mol. The molecule has 0 amide bonds. The number of halogens is 1. The lowest BCUT2D eigenvalue weighted by Crippen LogP contribution is -2.50. The van der Waals surface area contributed by atoms with E-state index in [1.807, 2.05) is 44.2 Å². The van der Waals surface area contributed by atoms with E-state index in [9.17, 15) is 0 Å². The predicted octanol–water partition coefficient (Wildman–Crippen LogP) is 3.71. The first kappa shape index (κ1) is 29.5. The molecule has 0 spiro atoms. The number of allylic oxidation sites excluding steroid dienone is 1. The molecule has 5 rings (SSSR count). The van der Waals surface area contributed by atoms with Crippen molar-refractivity contribution in [1.82, 2.24) is 29.9 Å². The molecular formula is C30H40FN9O2. The number of nitrogens with one attached hydrogen (secondary N) is 3. The van der Waals surface area contributed by atoms with Crippen LogP contribution >= 0.6 is 0 Å². The van der Waals surface area contributed by atoms with Crippen LogP contribution in [0.4, 0.5) is 10.2 Å². The normalized spacial score (nSPS) is 17.8. The highest BCUT2D eigenvalue weighted by molar-refractivity contribution is 5.94. The Morgan fingerprint density at radius 3 is 2.64 bits per heavy atom. The quantitative estimate of drug-likeness (QED) is 0.236. The van der Waals surface area contributed by atoms with Crippen LogP contribution in [-0.4, -0.2) is 115 Å². The minimum Gasteiger partial charge on any atom is -0.468 e. The molecule has 0 saturated carbocycles. The van der Waals surface area contributed by atoms with E-state index in [2.05, 4.69) is 46.9 Å². The van der Waals surface area contributed by atoms with Gasteiger partial charge < -0.3 is 24.7 Å². The van der Waals surface area contributed by atoms with E-state index in [0.717, 1.165) is 82.5 Å². The van der Waals surface area contributed by atoms with E-state index in [1.54, 1.807) is 12.1 Å². The zero-order chi connectivity index (χ0) is 29.3. The zero-order valence-electron chi connectivity index (χ0n) is 24.4. The minimum absolute atomic E-state index is 0.0484. The summed E-state index contributed by atoms with van der Waals surface area (Å²) in [4.78, 5) is 19.2. The Hall–Kier alpha value is -4.00. The Morgan fingerprint density at radius 2 is 1.90 bits per heavy atom.